The van der Waals surface area contributed by atoms with E-state index in [0.717, 1.165) is 41.3 Å². The molecule has 0 amide bonds. The quantitative estimate of drug-likeness (QED) is 0.835. The van der Waals surface area contributed by atoms with E-state index in [0.29, 0.717) is 4.47 Å². The topological polar surface area (TPSA) is 49.8 Å². The van der Waals surface area contributed by atoms with Gasteiger partial charge in [0.25, 0.3) is 0 Å². The van der Waals surface area contributed by atoms with Gasteiger partial charge in [-0.05, 0) is 47.0 Å². The van der Waals surface area contributed by atoms with Crippen molar-refractivity contribution >= 4 is 33.3 Å². The number of nitrogens with one attached hydrogen (secondary N) is 2. The van der Waals surface area contributed by atoms with Gasteiger partial charge in [0.1, 0.15) is 23.8 Å². The van der Waals surface area contributed by atoms with Crippen LogP contribution in [0.5, 0.6) is 0 Å². The molecule has 2 N–H and O–H groups in total. The van der Waals surface area contributed by atoms with Crippen LogP contribution in [0.15, 0.2) is 22.9 Å². The maximum absolute atomic E-state index is 13.5. The van der Waals surface area contributed by atoms with Crippen molar-refractivity contribution in [2.45, 2.75) is 26.7 Å². The maximum atomic E-state index is 13.5. The molecule has 0 atom stereocenters. The first-order chi connectivity index (χ1) is 10.1. The van der Waals surface area contributed by atoms with Crippen LogP contribution in [0.1, 0.15) is 24.5 Å². The normalized spacial score (nSPS) is 10.5. The molecule has 1 aromatic carbocycles. The second-order valence-electron chi connectivity index (χ2n) is 4.76. The Hall–Kier alpha value is -1.69. The Kier molecular flexibility index (Phi) is 5.12. The van der Waals surface area contributed by atoms with Crippen molar-refractivity contribution in [1.82, 2.24) is 9.97 Å². The van der Waals surface area contributed by atoms with Crippen molar-refractivity contribution in [3.05, 3.63) is 39.9 Å². The van der Waals surface area contributed by atoms with Crippen LogP contribution in [-0.4, -0.2) is 17.0 Å². The number of aromatic nitrogens is 2. The third kappa shape index (κ3) is 3.50. The summed E-state index contributed by atoms with van der Waals surface area (Å²) in [4.78, 5) is 8.56. The number of aryl methyl sites for hydroxylation is 1. The third-order valence-corrected chi connectivity index (χ3v) is 3.81. The van der Waals surface area contributed by atoms with Gasteiger partial charge >= 0.3 is 0 Å². The van der Waals surface area contributed by atoms with Crippen LogP contribution in [0.2, 0.25) is 0 Å². The number of anilines is 3. The minimum absolute atomic E-state index is 0.273. The van der Waals surface area contributed by atoms with E-state index in [1.54, 1.807) is 6.07 Å². The monoisotopic (exact) mass is 352 g/mol. The average molecular weight is 353 g/mol. The molecular weight excluding hydrogens is 335 g/mol. The van der Waals surface area contributed by atoms with Crippen LogP contribution in [0.25, 0.3) is 0 Å². The summed E-state index contributed by atoms with van der Waals surface area (Å²) in [5.41, 5.74) is 2.67. The number of nitrogens with zero attached hydrogens (tertiary/aromatic N) is 2. The van der Waals surface area contributed by atoms with E-state index in [9.17, 15) is 4.39 Å². The minimum Gasteiger partial charge on any atom is -0.373 e. The predicted octanol–water partition coefficient (Wildman–Crippen LogP) is 4.42. The van der Waals surface area contributed by atoms with Crippen LogP contribution in [-0.2, 0) is 6.42 Å². The summed E-state index contributed by atoms with van der Waals surface area (Å²) in [5.74, 6) is 1.29. The smallest absolute Gasteiger partial charge is 0.139 e. The van der Waals surface area contributed by atoms with Gasteiger partial charge in [-0.2, -0.15) is 0 Å². The standard InChI is InChI=1S/C15H18BrFN4/c1-4-5-10-14(18-3)19-8-20-15(10)21-13-7-11(16)12(17)6-9(13)2/h6-8H,4-5H2,1-3H3,(H2,18,19,20,21). The Bertz CT molecular complexity index is 646. The molecule has 2 aromatic rings. The minimum atomic E-state index is -0.273. The van der Waals surface area contributed by atoms with Crippen molar-refractivity contribution in [3.63, 3.8) is 0 Å². The lowest BCUT2D eigenvalue weighted by Gasteiger charge is -2.15. The van der Waals surface area contributed by atoms with Gasteiger partial charge in [-0.3, -0.25) is 0 Å². The second kappa shape index (κ2) is 6.85. The van der Waals surface area contributed by atoms with E-state index in [-0.39, 0.29) is 5.82 Å². The first-order valence-corrected chi connectivity index (χ1v) is 7.60. The van der Waals surface area contributed by atoms with Gasteiger partial charge in [-0.15, -0.1) is 0 Å². The highest BCUT2D eigenvalue weighted by molar-refractivity contribution is 9.10. The van der Waals surface area contributed by atoms with Gasteiger partial charge in [0.05, 0.1) is 4.47 Å². The number of rotatable bonds is 5. The van der Waals surface area contributed by atoms with Crippen LogP contribution < -0.4 is 10.6 Å². The van der Waals surface area contributed by atoms with Crippen molar-refractivity contribution in [2.75, 3.05) is 17.7 Å². The first-order valence-electron chi connectivity index (χ1n) is 6.81. The molecule has 2 rings (SSSR count). The molecular formula is C15H18BrFN4. The Balaban J connectivity index is 2.42. The molecule has 0 fully saturated rings. The van der Waals surface area contributed by atoms with Gasteiger partial charge in [-0.25, -0.2) is 14.4 Å². The maximum Gasteiger partial charge on any atom is 0.139 e. The highest BCUT2D eigenvalue weighted by Gasteiger charge is 2.12. The molecule has 0 unspecified atom stereocenters. The van der Waals surface area contributed by atoms with E-state index in [2.05, 4.69) is 43.5 Å². The van der Waals surface area contributed by atoms with Crippen LogP contribution in [0.3, 0.4) is 0 Å². The van der Waals surface area contributed by atoms with Gasteiger partial charge in [0.2, 0.25) is 0 Å². The molecule has 6 heteroatoms. The van der Waals surface area contributed by atoms with Crippen molar-refractivity contribution in [1.29, 1.82) is 0 Å². The molecule has 21 heavy (non-hydrogen) atoms. The molecule has 0 spiro atoms. The van der Waals surface area contributed by atoms with E-state index < -0.39 is 0 Å². The molecule has 112 valence electrons. The molecule has 1 heterocycles. The first kappa shape index (κ1) is 15.7. The third-order valence-electron chi connectivity index (χ3n) is 3.20. The summed E-state index contributed by atoms with van der Waals surface area (Å²) in [5, 5.41) is 6.36. The Labute approximate surface area is 132 Å². The number of hydrogen-bond acceptors (Lipinski definition) is 4. The molecule has 0 aliphatic heterocycles. The number of halogens is 2. The van der Waals surface area contributed by atoms with E-state index in [4.69, 9.17) is 0 Å². The van der Waals surface area contributed by atoms with E-state index in [1.807, 2.05) is 14.0 Å². The highest BCUT2D eigenvalue weighted by atomic mass is 79.9. The van der Waals surface area contributed by atoms with Crippen LogP contribution >= 0.6 is 15.9 Å². The lowest BCUT2D eigenvalue weighted by Crippen LogP contribution is -2.06. The molecule has 0 aliphatic rings. The largest absolute Gasteiger partial charge is 0.373 e. The molecule has 1 aromatic heterocycles. The fourth-order valence-corrected chi connectivity index (χ4v) is 2.47. The average Bonchev–Trinajstić information content (AvgIpc) is 2.46. The SMILES string of the molecule is CCCc1c(NC)ncnc1Nc1cc(Br)c(F)cc1C. The highest BCUT2D eigenvalue weighted by Crippen LogP contribution is 2.29. The predicted molar refractivity (Wildman–Crippen MR) is 87.7 cm³/mol. The van der Waals surface area contributed by atoms with Crippen molar-refractivity contribution in [2.24, 2.45) is 0 Å². The number of benzene rings is 1. The van der Waals surface area contributed by atoms with Crippen LogP contribution in [0, 0.1) is 12.7 Å². The van der Waals surface area contributed by atoms with Crippen LogP contribution in [0.4, 0.5) is 21.7 Å². The summed E-state index contributed by atoms with van der Waals surface area (Å²) in [7, 11) is 1.84. The van der Waals surface area contributed by atoms with Crippen molar-refractivity contribution in [3.8, 4) is 0 Å². The molecule has 0 radical (unpaired) electrons. The summed E-state index contributed by atoms with van der Waals surface area (Å²) < 4.78 is 13.9. The van der Waals surface area contributed by atoms with E-state index >= 15 is 0 Å². The van der Waals surface area contributed by atoms with Crippen molar-refractivity contribution < 1.29 is 4.39 Å². The Morgan fingerprint density at radius 3 is 2.62 bits per heavy atom. The summed E-state index contributed by atoms with van der Waals surface area (Å²) >= 11 is 3.21. The fourth-order valence-electron chi connectivity index (χ4n) is 2.13. The van der Waals surface area contributed by atoms with Gasteiger partial charge < -0.3 is 10.6 Å². The fraction of sp³-hybridized carbons (Fsp3) is 0.333. The van der Waals surface area contributed by atoms with Gasteiger partial charge in [0, 0.05) is 18.3 Å². The Morgan fingerprint density at radius 1 is 1.24 bits per heavy atom. The van der Waals surface area contributed by atoms with E-state index in [1.165, 1.54) is 12.4 Å². The number of hydrogen-bond donors (Lipinski definition) is 2. The zero-order valence-electron chi connectivity index (χ0n) is 12.3. The molecule has 4 nitrogen and oxygen atoms in total. The zero-order chi connectivity index (χ0) is 15.4. The van der Waals surface area contributed by atoms with Gasteiger partial charge in [0.15, 0.2) is 0 Å². The van der Waals surface area contributed by atoms with Gasteiger partial charge in [-0.1, -0.05) is 13.3 Å². The summed E-state index contributed by atoms with van der Waals surface area (Å²) in [6.07, 6.45) is 3.37. The molecule has 0 bridgehead atoms. The second-order valence-corrected chi connectivity index (χ2v) is 5.61. The molecule has 0 saturated heterocycles. The molecule has 0 aliphatic carbocycles. The summed E-state index contributed by atoms with van der Waals surface area (Å²) in [6, 6.07) is 3.22. The lowest BCUT2D eigenvalue weighted by atomic mass is 10.1. The lowest BCUT2D eigenvalue weighted by molar-refractivity contribution is 0.620. The Morgan fingerprint density at radius 2 is 1.95 bits per heavy atom. The zero-order valence-corrected chi connectivity index (χ0v) is 13.9. The summed E-state index contributed by atoms with van der Waals surface area (Å²) in [6.45, 7) is 3.97. The molecule has 0 saturated carbocycles.